The van der Waals surface area contributed by atoms with Crippen molar-refractivity contribution in [2.75, 3.05) is 0 Å². The van der Waals surface area contributed by atoms with Gasteiger partial charge in [0, 0.05) is 23.6 Å². The van der Waals surface area contributed by atoms with Crippen molar-refractivity contribution in [3.05, 3.63) is 45.6 Å². The number of fused-ring (bicyclic) bond motifs is 1. The van der Waals surface area contributed by atoms with Crippen LogP contribution in [-0.4, -0.2) is 27.0 Å². The normalized spacial score (nSPS) is 12.3. The molecule has 7 nitrogen and oxygen atoms in total. The highest BCUT2D eigenvalue weighted by Crippen LogP contribution is 2.33. The van der Waals surface area contributed by atoms with Crippen LogP contribution < -0.4 is 5.73 Å². The highest BCUT2D eigenvalue weighted by Gasteiger charge is 2.23. The van der Waals surface area contributed by atoms with Gasteiger partial charge < -0.3 is 15.8 Å². The fourth-order valence-corrected chi connectivity index (χ4v) is 2.39. The van der Waals surface area contributed by atoms with E-state index in [2.05, 4.69) is 11.6 Å². The molecule has 7 heteroatoms. The van der Waals surface area contributed by atoms with Gasteiger partial charge in [-0.05, 0) is 24.1 Å². The van der Waals surface area contributed by atoms with Crippen molar-refractivity contribution in [1.29, 1.82) is 0 Å². The van der Waals surface area contributed by atoms with Crippen LogP contribution in [0.1, 0.15) is 16.8 Å². The van der Waals surface area contributed by atoms with Gasteiger partial charge in [-0.25, -0.2) is 0 Å². The summed E-state index contributed by atoms with van der Waals surface area (Å²) in [5, 5.41) is 20.7. The van der Waals surface area contributed by atoms with E-state index in [0.717, 1.165) is 0 Å². The van der Waals surface area contributed by atoms with Crippen LogP contribution in [0.15, 0.2) is 18.7 Å². The molecule has 4 N–H and O–H groups in total. The average Bonchev–Trinajstić information content (AvgIpc) is 2.74. The number of benzene rings is 1. The van der Waals surface area contributed by atoms with Gasteiger partial charge in [0.25, 0.3) is 5.69 Å². The number of carbonyl (C=O) groups is 1. The summed E-state index contributed by atoms with van der Waals surface area (Å²) in [4.78, 5) is 24.5. The fraction of sp³-hybridized carbons (Fsp3) is 0.214. The number of nitro groups is 1. The van der Waals surface area contributed by atoms with Crippen molar-refractivity contribution >= 4 is 28.6 Å². The van der Waals surface area contributed by atoms with Crippen molar-refractivity contribution in [2.45, 2.75) is 19.4 Å². The molecule has 1 aromatic heterocycles. The van der Waals surface area contributed by atoms with Crippen LogP contribution in [-0.2, 0) is 11.2 Å². The first-order valence-corrected chi connectivity index (χ1v) is 6.26. The molecule has 1 heterocycles. The van der Waals surface area contributed by atoms with Crippen LogP contribution >= 0.6 is 0 Å². The number of non-ortho nitro benzene ring substituents is 1. The van der Waals surface area contributed by atoms with Crippen LogP contribution in [0.4, 0.5) is 5.69 Å². The molecule has 0 amide bonds. The standard InChI is InChI=1S/C14H15N3O4/c1-3-8-4-5-11(17(20)21)13-12(8)9(7(2)16-13)6-10(15)14(18)19/h3-5,10,16H,1,6,15H2,2H3,(H,18,19). The van der Waals surface area contributed by atoms with Crippen molar-refractivity contribution in [3.63, 3.8) is 0 Å². The van der Waals surface area contributed by atoms with E-state index in [1.165, 1.54) is 6.07 Å². The minimum atomic E-state index is -1.12. The highest BCUT2D eigenvalue weighted by molar-refractivity contribution is 5.98. The van der Waals surface area contributed by atoms with Crippen LogP contribution in [0.25, 0.3) is 17.0 Å². The highest BCUT2D eigenvalue weighted by atomic mass is 16.6. The number of nitrogens with zero attached hydrogens (tertiary/aromatic N) is 1. The zero-order valence-corrected chi connectivity index (χ0v) is 11.4. The number of aromatic amines is 1. The van der Waals surface area contributed by atoms with Crippen molar-refractivity contribution < 1.29 is 14.8 Å². The number of aromatic nitrogens is 1. The van der Waals surface area contributed by atoms with Crippen molar-refractivity contribution in [2.24, 2.45) is 5.73 Å². The summed E-state index contributed by atoms with van der Waals surface area (Å²) >= 11 is 0. The lowest BCUT2D eigenvalue weighted by Gasteiger charge is -2.08. The number of nitro benzene ring substituents is 1. The molecule has 1 unspecified atom stereocenters. The van der Waals surface area contributed by atoms with E-state index < -0.39 is 16.9 Å². The van der Waals surface area contributed by atoms with E-state index in [9.17, 15) is 14.9 Å². The number of carboxylic acids is 1. The lowest BCUT2D eigenvalue weighted by atomic mass is 9.99. The Labute approximate surface area is 120 Å². The Kier molecular flexibility index (Phi) is 3.77. The maximum Gasteiger partial charge on any atom is 0.320 e. The fourth-order valence-electron chi connectivity index (χ4n) is 2.39. The summed E-state index contributed by atoms with van der Waals surface area (Å²) in [5.74, 6) is -1.12. The lowest BCUT2D eigenvalue weighted by molar-refractivity contribution is -0.383. The Morgan fingerprint density at radius 1 is 1.62 bits per heavy atom. The number of carboxylic acid groups (broad SMARTS) is 1. The average molecular weight is 289 g/mol. The van der Waals surface area contributed by atoms with Gasteiger partial charge in [-0.2, -0.15) is 0 Å². The topological polar surface area (TPSA) is 122 Å². The second kappa shape index (κ2) is 5.37. The van der Waals surface area contributed by atoms with Gasteiger partial charge in [-0.3, -0.25) is 14.9 Å². The van der Waals surface area contributed by atoms with Gasteiger partial charge in [0.1, 0.15) is 11.6 Å². The van der Waals surface area contributed by atoms with Crippen molar-refractivity contribution in [3.8, 4) is 0 Å². The number of aryl methyl sites for hydroxylation is 1. The van der Waals surface area contributed by atoms with Crippen LogP contribution in [0.5, 0.6) is 0 Å². The Morgan fingerprint density at radius 3 is 2.81 bits per heavy atom. The Bertz CT molecular complexity index is 748. The summed E-state index contributed by atoms with van der Waals surface area (Å²) in [5.41, 5.74) is 7.92. The predicted octanol–water partition coefficient (Wildman–Crippen LogP) is 1.98. The molecule has 0 fully saturated rings. The summed E-state index contributed by atoms with van der Waals surface area (Å²) in [7, 11) is 0. The molecule has 110 valence electrons. The summed E-state index contributed by atoms with van der Waals surface area (Å²) in [6.45, 7) is 5.43. The zero-order valence-electron chi connectivity index (χ0n) is 11.4. The molecule has 0 aliphatic heterocycles. The maximum absolute atomic E-state index is 11.1. The molecule has 0 aliphatic carbocycles. The number of rotatable bonds is 5. The first kappa shape index (κ1) is 14.7. The van der Waals surface area contributed by atoms with Gasteiger partial charge in [0.2, 0.25) is 0 Å². The first-order chi connectivity index (χ1) is 9.86. The lowest BCUT2D eigenvalue weighted by Crippen LogP contribution is -2.32. The summed E-state index contributed by atoms with van der Waals surface area (Å²) in [6, 6.07) is 1.92. The van der Waals surface area contributed by atoms with E-state index in [-0.39, 0.29) is 12.1 Å². The maximum atomic E-state index is 11.1. The molecular weight excluding hydrogens is 274 g/mol. The zero-order chi connectivity index (χ0) is 15.7. The minimum Gasteiger partial charge on any atom is -0.480 e. The minimum absolute atomic E-state index is 0.0613. The van der Waals surface area contributed by atoms with Gasteiger partial charge in [-0.1, -0.05) is 12.7 Å². The summed E-state index contributed by atoms with van der Waals surface area (Å²) < 4.78 is 0. The number of nitrogens with one attached hydrogen (secondary N) is 1. The first-order valence-electron chi connectivity index (χ1n) is 6.26. The van der Waals surface area contributed by atoms with E-state index >= 15 is 0 Å². The van der Waals surface area contributed by atoms with E-state index in [4.69, 9.17) is 10.8 Å². The van der Waals surface area contributed by atoms with Gasteiger partial charge in [-0.15, -0.1) is 0 Å². The molecule has 2 aromatic rings. The number of hydrogen-bond acceptors (Lipinski definition) is 4. The Hall–Kier alpha value is -2.67. The Morgan fingerprint density at radius 2 is 2.29 bits per heavy atom. The number of hydrogen-bond donors (Lipinski definition) is 3. The van der Waals surface area contributed by atoms with Gasteiger partial charge >= 0.3 is 5.97 Å². The van der Waals surface area contributed by atoms with Crippen LogP contribution in [0.2, 0.25) is 0 Å². The van der Waals surface area contributed by atoms with E-state index in [0.29, 0.717) is 27.7 Å². The third kappa shape index (κ3) is 2.50. The van der Waals surface area contributed by atoms with Crippen LogP contribution in [0, 0.1) is 17.0 Å². The molecule has 0 spiro atoms. The molecule has 21 heavy (non-hydrogen) atoms. The summed E-state index contributed by atoms with van der Waals surface area (Å²) in [6.07, 6.45) is 1.66. The number of nitrogens with two attached hydrogens (primary N) is 1. The molecule has 0 saturated heterocycles. The van der Waals surface area contributed by atoms with E-state index in [1.54, 1.807) is 19.1 Å². The smallest absolute Gasteiger partial charge is 0.320 e. The predicted molar refractivity (Wildman–Crippen MR) is 79.1 cm³/mol. The molecule has 1 aromatic carbocycles. The monoisotopic (exact) mass is 289 g/mol. The second-order valence-corrected chi connectivity index (χ2v) is 4.76. The third-order valence-electron chi connectivity index (χ3n) is 3.44. The van der Waals surface area contributed by atoms with Gasteiger partial charge in [0.15, 0.2) is 0 Å². The molecular formula is C14H15N3O4. The molecule has 0 aliphatic rings. The largest absolute Gasteiger partial charge is 0.480 e. The van der Waals surface area contributed by atoms with Crippen LogP contribution in [0.3, 0.4) is 0 Å². The second-order valence-electron chi connectivity index (χ2n) is 4.76. The van der Waals surface area contributed by atoms with Gasteiger partial charge in [0.05, 0.1) is 4.92 Å². The van der Waals surface area contributed by atoms with Crippen molar-refractivity contribution in [1.82, 2.24) is 4.98 Å². The SMILES string of the molecule is C=Cc1ccc([N+](=O)[O-])c2[nH]c(C)c(CC(N)C(=O)O)c12. The number of aliphatic carboxylic acids is 1. The number of H-pyrrole nitrogens is 1. The molecule has 2 rings (SSSR count). The third-order valence-corrected chi connectivity index (χ3v) is 3.44. The Balaban J connectivity index is 2.73. The molecule has 0 bridgehead atoms. The van der Waals surface area contributed by atoms with E-state index in [1.807, 2.05) is 0 Å². The molecule has 0 radical (unpaired) electrons. The molecule has 0 saturated carbocycles. The molecule has 1 atom stereocenters. The quantitative estimate of drug-likeness (QED) is 0.573.